The van der Waals surface area contributed by atoms with Crippen molar-refractivity contribution in [2.24, 2.45) is 0 Å². The fraction of sp³-hybridized carbons (Fsp3) is 0.207. The van der Waals surface area contributed by atoms with Crippen LogP contribution < -0.4 is 25.6 Å². The van der Waals surface area contributed by atoms with Crippen molar-refractivity contribution in [2.75, 3.05) is 62.2 Å². The van der Waals surface area contributed by atoms with E-state index in [1.807, 2.05) is 50.3 Å². The highest BCUT2D eigenvalue weighted by Gasteiger charge is 2.17. The first kappa shape index (κ1) is 29.2. The molecule has 2 aromatic carbocycles. The lowest BCUT2D eigenvalue weighted by molar-refractivity contribution is -0.111. The molecule has 3 N–H and O–H groups in total. The molecular formula is C29H34ClN7O2. The van der Waals surface area contributed by atoms with Gasteiger partial charge in [-0.05, 0) is 49.5 Å². The Morgan fingerprint density at radius 3 is 2.41 bits per heavy atom. The number of rotatable bonds is 13. The number of carbonyl (C=O) groups is 1. The van der Waals surface area contributed by atoms with E-state index in [1.54, 1.807) is 25.3 Å². The molecule has 39 heavy (non-hydrogen) atoms. The average Bonchev–Trinajstić information content (AvgIpc) is 2.93. The van der Waals surface area contributed by atoms with Gasteiger partial charge in [0.15, 0.2) is 5.82 Å². The Morgan fingerprint density at radius 2 is 1.77 bits per heavy atom. The van der Waals surface area contributed by atoms with Crippen molar-refractivity contribution in [3.05, 3.63) is 78.5 Å². The maximum atomic E-state index is 12.2. The highest BCUT2D eigenvalue weighted by atomic mass is 35.5. The first-order valence-electron chi connectivity index (χ1n) is 12.2. The van der Waals surface area contributed by atoms with Crippen molar-refractivity contribution in [1.29, 1.82) is 0 Å². The molecule has 0 saturated heterocycles. The Hall–Kier alpha value is -4.34. The van der Waals surface area contributed by atoms with Crippen LogP contribution in [-0.4, -0.2) is 62.1 Å². The van der Waals surface area contributed by atoms with Crippen LogP contribution in [0.3, 0.4) is 0 Å². The molecule has 0 aliphatic carbocycles. The van der Waals surface area contributed by atoms with E-state index < -0.39 is 0 Å². The van der Waals surface area contributed by atoms with Gasteiger partial charge < -0.3 is 30.5 Å². The van der Waals surface area contributed by atoms with Crippen LogP contribution in [0.2, 0.25) is 5.02 Å². The molecule has 9 nitrogen and oxygen atoms in total. The summed E-state index contributed by atoms with van der Waals surface area (Å²) in [6, 6.07) is 9.39. The third kappa shape index (κ3) is 7.59. The van der Waals surface area contributed by atoms with E-state index in [9.17, 15) is 4.79 Å². The number of ether oxygens (including phenoxy) is 1. The van der Waals surface area contributed by atoms with Gasteiger partial charge in [-0.3, -0.25) is 4.79 Å². The highest BCUT2D eigenvalue weighted by Crippen LogP contribution is 2.38. The number of aromatic nitrogens is 2. The van der Waals surface area contributed by atoms with E-state index in [0.29, 0.717) is 28.0 Å². The van der Waals surface area contributed by atoms with Gasteiger partial charge in [-0.15, -0.1) is 0 Å². The summed E-state index contributed by atoms with van der Waals surface area (Å²) >= 11 is 6.40. The van der Waals surface area contributed by atoms with Gasteiger partial charge in [0.05, 0.1) is 30.4 Å². The minimum absolute atomic E-state index is 0.279. The van der Waals surface area contributed by atoms with Crippen LogP contribution in [0.15, 0.2) is 62.3 Å². The van der Waals surface area contributed by atoms with Crippen LogP contribution >= 0.6 is 11.6 Å². The quantitative estimate of drug-likeness (QED) is 0.223. The normalized spacial score (nSPS) is 10.5. The largest absolute Gasteiger partial charge is 0.494 e. The van der Waals surface area contributed by atoms with Crippen LogP contribution in [-0.2, 0) is 4.79 Å². The Bertz CT molecular complexity index is 1370. The second-order valence-corrected chi connectivity index (χ2v) is 9.29. The van der Waals surface area contributed by atoms with E-state index >= 15 is 0 Å². The fourth-order valence-electron chi connectivity index (χ4n) is 3.69. The van der Waals surface area contributed by atoms with E-state index in [2.05, 4.69) is 50.6 Å². The minimum atomic E-state index is -0.330. The Morgan fingerprint density at radius 1 is 1.03 bits per heavy atom. The first-order chi connectivity index (χ1) is 18.7. The van der Waals surface area contributed by atoms with E-state index in [1.165, 1.54) is 12.3 Å². The lowest BCUT2D eigenvalue weighted by Crippen LogP contribution is -2.29. The van der Waals surface area contributed by atoms with Crippen LogP contribution in [0.5, 0.6) is 5.75 Å². The van der Waals surface area contributed by atoms with Crippen molar-refractivity contribution in [1.82, 2.24) is 14.9 Å². The first-order valence-corrected chi connectivity index (χ1v) is 12.5. The van der Waals surface area contributed by atoms with Gasteiger partial charge >= 0.3 is 0 Å². The van der Waals surface area contributed by atoms with Crippen molar-refractivity contribution < 1.29 is 9.53 Å². The zero-order valence-electron chi connectivity index (χ0n) is 22.7. The van der Waals surface area contributed by atoms with E-state index in [-0.39, 0.29) is 11.9 Å². The summed E-state index contributed by atoms with van der Waals surface area (Å²) in [5.74, 6) is 0.905. The number of nitrogens with one attached hydrogen (secondary N) is 3. The number of likely N-dealkylation sites (N-methyl/N-ethyl adjacent to an activating group) is 2. The number of benzene rings is 2. The number of anilines is 6. The van der Waals surface area contributed by atoms with Gasteiger partial charge in [0.2, 0.25) is 11.9 Å². The van der Waals surface area contributed by atoms with Crippen LogP contribution in [0.4, 0.5) is 34.5 Å². The van der Waals surface area contributed by atoms with E-state index in [0.717, 1.165) is 35.6 Å². The molecule has 0 atom stereocenters. The number of halogens is 1. The molecule has 0 bridgehead atoms. The predicted octanol–water partition coefficient (Wildman–Crippen LogP) is 6.03. The number of nitrogens with zero attached hydrogens (tertiary/aromatic N) is 4. The molecule has 0 radical (unpaired) electrons. The Kier molecular flexibility index (Phi) is 10.1. The van der Waals surface area contributed by atoms with Crippen LogP contribution in [0, 0.1) is 0 Å². The molecule has 1 heterocycles. The second-order valence-electron chi connectivity index (χ2n) is 8.88. The maximum Gasteiger partial charge on any atom is 0.247 e. The standard InChI is InChI=1S/C29H34ClN7O2/c1-8-19-11-12-21(15-20(19)9-2)32-28-22(30)18-31-29(35-28)34-24-16-23(33-27(38)10-3)25(17-26(24)39-7)37(6)14-13-36(4)5/h8-12,15-18H,1-3,13-14H2,4-7H3,(H,33,38)(H2,31,32,34,35). The fourth-order valence-corrected chi connectivity index (χ4v) is 3.83. The van der Waals surface area contributed by atoms with Gasteiger partial charge in [0.1, 0.15) is 10.8 Å². The highest BCUT2D eigenvalue weighted by molar-refractivity contribution is 6.32. The molecule has 204 valence electrons. The average molecular weight is 548 g/mol. The van der Waals surface area contributed by atoms with E-state index in [4.69, 9.17) is 16.3 Å². The lowest BCUT2D eigenvalue weighted by atomic mass is 10.1. The van der Waals surface area contributed by atoms with Crippen LogP contribution in [0.1, 0.15) is 11.1 Å². The molecule has 1 aromatic heterocycles. The Labute approximate surface area is 234 Å². The number of hydrogen-bond donors (Lipinski definition) is 3. The topological polar surface area (TPSA) is 94.6 Å². The third-order valence-electron chi connectivity index (χ3n) is 5.83. The molecular weight excluding hydrogens is 514 g/mol. The molecule has 3 aromatic rings. The molecule has 0 fully saturated rings. The minimum Gasteiger partial charge on any atom is -0.494 e. The maximum absolute atomic E-state index is 12.2. The molecule has 0 saturated carbocycles. The summed E-state index contributed by atoms with van der Waals surface area (Å²) in [7, 11) is 7.54. The summed E-state index contributed by atoms with van der Waals surface area (Å²) in [5.41, 5.74) is 4.59. The monoisotopic (exact) mass is 547 g/mol. The summed E-state index contributed by atoms with van der Waals surface area (Å²) in [5, 5.41) is 9.64. The molecule has 0 spiro atoms. The molecule has 0 aliphatic rings. The van der Waals surface area contributed by atoms with Crippen molar-refractivity contribution in [3.8, 4) is 5.75 Å². The molecule has 0 unspecified atom stereocenters. The van der Waals surface area contributed by atoms with Crippen molar-refractivity contribution >= 4 is 64.2 Å². The molecule has 3 rings (SSSR count). The molecule has 1 amide bonds. The number of amides is 1. The van der Waals surface area contributed by atoms with Gasteiger partial charge in [-0.25, -0.2) is 4.98 Å². The van der Waals surface area contributed by atoms with Crippen LogP contribution in [0.25, 0.3) is 12.2 Å². The molecule has 10 heteroatoms. The lowest BCUT2D eigenvalue weighted by Gasteiger charge is -2.26. The summed E-state index contributed by atoms with van der Waals surface area (Å²) in [6.45, 7) is 12.8. The SMILES string of the molecule is C=CC(=O)Nc1cc(Nc2ncc(Cl)c(Nc3ccc(C=C)c(C=C)c3)n2)c(OC)cc1N(C)CCN(C)C. The van der Waals surface area contributed by atoms with Gasteiger partial charge in [0, 0.05) is 31.9 Å². The van der Waals surface area contributed by atoms with Crippen molar-refractivity contribution in [2.45, 2.75) is 0 Å². The molecule has 0 aliphatic heterocycles. The summed E-state index contributed by atoms with van der Waals surface area (Å²) < 4.78 is 5.67. The van der Waals surface area contributed by atoms with Gasteiger partial charge in [0.25, 0.3) is 0 Å². The third-order valence-corrected chi connectivity index (χ3v) is 6.11. The zero-order chi connectivity index (χ0) is 28.5. The number of methoxy groups -OCH3 is 1. The predicted molar refractivity (Wildman–Crippen MR) is 164 cm³/mol. The summed E-state index contributed by atoms with van der Waals surface area (Å²) in [4.78, 5) is 25.2. The van der Waals surface area contributed by atoms with Crippen molar-refractivity contribution in [3.63, 3.8) is 0 Å². The smallest absolute Gasteiger partial charge is 0.247 e. The van der Waals surface area contributed by atoms with Gasteiger partial charge in [-0.1, -0.05) is 49.6 Å². The zero-order valence-corrected chi connectivity index (χ0v) is 23.5. The number of hydrogen-bond acceptors (Lipinski definition) is 8. The Balaban J connectivity index is 1.96. The van der Waals surface area contributed by atoms with Gasteiger partial charge in [-0.2, -0.15) is 4.98 Å². The second kappa shape index (κ2) is 13.5. The number of carbonyl (C=O) groups excluding carboxylic acids is 1. The summed E-state index contributed by atoms with van der Waals surface area (Å²) in [6.07, 6.45) is 6.25.